The number of hydrogen-bond donors (Lipinski definition) is 7. The molecule has 49 heavy (non-hydrogen) atoms. The van der Waals surface area contributed by atoms with Crippen LogP contribution in [0.5, 0.6) is 5.75 Å². The maximum absolute atomic E-state index is 14.1. The quantitative estimate of drug-likeness (QED) is 0.137. The molecule has 16 heteroatoms. The van der Waals surface area contributed by atoms with Gasteiger partial charge in [0.15, 0.2) is 18.0 Å². The highest BCUT2D eigenvalue weighted by atomic mass is 28.3. The van der Waals surface area contributed by atoms with Gasteiger partial charge in [0.2, 0.25) is 0 Å². The van der Waals surface area contributed by atoms with E-state index in [-0.39, 0.29) is 35.8 Å². The van der Waals surface area contributed by atoms with Crippen molar-refractivity contribution >= 4 is 36.4 Å². The minimum absolute atomic E-state index is 0.0353. The molecule has 1 spiro atoms. The molecule has 6 rings (SSSR count). The number of hydrogen-bond acceptors (Lipinski definition) is 12. The van der Waals surface area contributed by atoms with Gasteiger partial charge in [-0.25, -0.2) is 0 Å². The van der Waals surface area contributed by atoms with E-state index in [0.717, 1.165) is 5.75 Å². The number of aliphatic hydroxyl groups excluding tert-OH is 5. The summed E-state index contributed by atoms with van der Waals surface area (Å²) in [7, 11) is -0.788. The topological polar surface area (TPSA) is 218 Å². The number of carbonyl (C=O) groups is 2. The van der Waals surface area contributed by atoms with Gasteiger partial charge in [-0.05, 0) is 42.3 Å². The maximum atomic E-state index is 14.1. The first kappa shape index (κ1) is 35.1. The highest BCUT2D eigenvalue weighted by Gasteiger charge is 2.64. The van der Waals surface area contributed by atoms with Crippen LogP contribution in [0, 0.1) is 5.92 Å². The van der Waals surface area contributed by atoms with Gasteiger partial charge >= 0.3 is 0 Å². The number of aromatic nitrogens is 3. The lowest BCUT2D eigenvalue weighted by atomic mass is 9.82. The second kappa shape index (κ2) is 13.5. The monoisotopic (exact) mass is 697 g/mol. The molecule has 3 aromatic rings. The molecule has 0 bridgehead atoms. The van der Waals surface area contributed by atoms with Crippen LogP contribution in [0.15, 0.2) is 48.7 Å². The number of aliphatic hydroxyl groups is 5. The Morgan fingerprint density at radius 1 is 1.10 bits per heavy atom. The van der Waals surface area contributed by atoms with Gasteiger partial charge in [0.25, 0.3) is 11.8 Å². The summed E-state index contributed by atoms with van der Waals surface area (Å²) >= 11 is 0. The Morgan fingerprint density at radius 3 is 2.53 bits per heavy atom. The van der Waals surface area contributed by atoms with E-state index in [1.165, 1.54) is 5.19 Å². The lowest BCUT2D eigenvalue weighted by molar-refractivity contribution is -0.274. The van der Waals surface area contributed by atoms with Gasteiger partial charge in [0.05, 0.1) is 27.0 Å². The van der Waals surface area contributed by atoms with Gasteiger partial charge in [-0.1, -0.05) is 42.6 Å². The lowest BCUT2D eigenvalue weighted by Gasteiger charge is -2.37. The molecule has 0 radical (unpaired) electrons. The highest BCUT2D eigenvalue weighted by Crippen LogP contribution is 2.59. The summed E-state index contributed by atoms with van der Waals surface area (Å²) in [5.74, 6) is -0.749. The van der Waals surface area contributed by atoms with E-state index in [2.05, 4.69) is 46.2 Å². The van der Waals surface area contributed by atoms with E-state index in [1.807, 2.05) is 19.1 Å². The predicted molar refractivity (Wildman–Crippen MR) is 178 cm³/mol. The average Bonchev–Trinajstić information content (AvgIpc) is 3.75. The Bertz CT molecular complexity index is 1690. The molecular weight excluding hydrogens is 654 g/mol. The largest absolute Gasteiger partial charge is 0.497 e. The van der Waals surface area contributed by atoms with Gasteiger partial charge in [0.1, 0.15) is 24.1 Å². The van der Waals surface area contributed by atoms with Gasteiger partial charge in [-0.15, -0.1) is 5.10 Å². The first-order chi connectivity index (χ1) is 23.3. The fourth-order valence-electron chi connectivity index (χ4n) is 7.71. The molecule has 3 aliphatic rings. The van der Waals surface area contributed by atoms with Crippen LogP contribution >= 0.6 is 0 Å². The number of nitrogens with zero attached hydrogens (tertiary/aromatic N) is 3. The molecule has 2 aromatic carbocycles. The van der Waals surface area contributed by atoms with Crippen molar-refractivity contribution in [2.45, 2.75) is 87.4 Å². The van der Waals surface area contributed by atoms with Crippen molar-refractivity contribution in [3.8, 4) is 5.75 Å². The number of anilines is 2. The molecule has 1 aromatic heterocycles. The minimum atomic E-state index is -2.41. The highest BCUT2D eigenvalue weighted by molar-refractivity contribution is 6.91. The van der Waals surface area contributed by atoms with Crippen molar-refractivity contribution < 1.29 is 49.3 Å². The van der Waals surface area contributed by atoms with Crippen LogP contribution in [-0.2, 0) is 37.6 Å². The van der Waals surface area contributed by atoms with E-state index in [1.54, 1.807) is 36.2 Å². The fourth-order valence-corrected chi connectivity index (χ4v) is 11.8. The van der Waals surface area contributed by atoms with Crippen molar-refractivity contribution in [2.24, 2.45) is 5.92 Å². The molecule has 2 fully saturated rings. The third-order valence-electron chi connectivity index (χ3n) is 10.3. The second-order valence-electron chi connectivity index (χ2n) is 13.5. The molecule has 264 valence electrons. The van der Waals surface area contributed by atoms with Crippen molar-refractivity contribution in [1.29, 1.82) is 0 Å². The number of nitrogens with one attached hydrogen (secondary N) is 2. The second-order valence-corrected chi connectivity index (χ2v) is 18.2. The molecule has 4 heterocycles. The SMILES string of the molecule is COc1ccc([Si](C)(C)[C@H]2[C@H](CCn3cc(CCO)nn3)O[C@@]3(C(=O)Nc4ccc(NC(=O)[C@H]5O[C@@H](O)[C@H](O)[C@@H](O)[C@@H]5O)cc43)[C@@H]2C)cc1. The van der Waals surface area contributed by atoms with Gasteiger partial charge < -0.3 is 50.4 Å². The number of amides is 2. The zero-order chi connectivity index (χ0) is 35.2. The number of carbonyl (C=O) groups excluding carboxylic acids is 2. The third-order valence-corrected chi connectivity index (χ3v) is 14.7. The number of rotatable bonds is 10. The Balaban J connectivity index is 1.33. The third kappa shape index (κ3) is 6.16. The summed E-state index contributed by atoms with van der Waals surface area (Å²) in [6, 6.07) is 12.9. The molecular formula is C33H43N5O10Si. The first-order valence-electron chi connectivity index (χ1n) is 16.3. The summed E-state index contributed by atoms with van der Waals surface area (Å²) in [5, 5.41) is 64.7. The Morgan fingerprint density at radius 2 is 1.84 bits per heavy atom. The van der Waals surface area contributed by atoms with Crippen LogP contribution in [0.2, 0.25) is 18.6 Å². The Labute approximate surface area is 283 Å². The first-order valence-corrected chi connectivity index (χ1v) is 19.4. The summed E-state index contributed by atoms with van der Waals surface area (Å²) in [5.41, 5.74) is 0.564. The molecule has 9 atom stereocenters. The van der Waals surface area contributed by atoms with Crippen molar-refractivity contribution in [2.75, 3.05) is 24.4 Å². The number of ether oxygens (including phenoxy) is 3. The number of benzene rings is 2. The van der Waals surface area contributed by atoms with E-state index >= 15 is 0 Å². The van der Waals surface area contributed by atoms with Crippen LogP contribution in [-0.4, -0.2) is 111 Å². The summed E-state index contributed by atoms with van der Waals surface area (Å²) < 4.78 is 19.2. The predicted octanol–water partition coefficient (Wildman–Crippen LogP) is -0.182. The van der Waals surface area contributed by atoms with Crippen LogP contribution in [0.3, 0.4) is 0 Å². The lowest BCUT2D eigenvalue weighted by Crippen LogP contribution is -2.60. The maximum Gasteiger partial charge on any atom is 0.261 e. The van der Waals surface area contributed by atoms with E-state index in [4.69, 9.17) is 14.2 Å². The summed E-state index contributed by atoms with van der Waals surface area (Å²) in [6.45, 7) is 6.99. The van der Waals surface area contributed by atoms with Gasteiger partial charge in [-0.2, -0.15) is 0 Å². The molecule has 2 amide bonds. The number of methoxy groups -OCH3 is 1. The normalized spacial score (nSPS) is 31.1. The summed E-state index contributed by atoms with van der Waals surface area (Å²) in [4.78, 5) is 27.2. The van der Waals surface area contributed by atoms with E-state index in [0.29, 0.717) is 36.3 Å². The van der Waals surface area contributed by atoms with Crippen molar-refractivity contribution in [1.82, 2.24) is 15.0 Å². The van der Waals surface area contributed by atoms with Crippen molar-refractivity contribution in [3.05, 3.63) is 59.9 Å². The summed E-state index contributed by atoms with van der Waals surface area (Å²) in [6.07, 6.45) is -6.59. The molecule has 0 aliphatic carbocycles. The molecule has 3 aliphatic heterocycles. The van der Waals surface area contributed by atoms with E-state index in [9.17, 15) is 35.1 Å². The zero-order valence-electron chi connectivity index (χ0n) is 27.7. The smallest absolute Gasteiger partial charge is 0.261 e. The standard InChI is InChI=1S/C33H43N5O10Si/c1-17-29(49(3,4)21-8-6-20(46-2)7-9-21)24(11-13-38-16-19(12-14-39)36-37-38)48-33(17)22-15-18(5-10-23(22)35-32(33)45)34-30(43)28-26(41)25(40)27(42)31(44)47-28/h5-10,15-17,24-29,31,39-42,44H,11-14H2,1-4H3,(H,34,43)(H,35,45)/t17-,24+,25+,26+,27-,28+,29-,31-,33+/m1/s1. The number of aryl methyl sites for hydroxylation is 1. The van der Waals surface area contributed by atoms with E-state index < -0.39 is 50.3 Å². The van der Waals surface area contributed by atoms with Crippen LogP contribution in [0.25, 0.3) is 0 Å². The minimum Gasteiger partial charge on any atom is -0.497 e. The molecule has 7 N–H and O–H groups in total. The van der Waals surface area contributed by atoms with Crippen LogP contribution < -0.4 is 20.6 Å². The Kier molecular flexibility index (Phi) is 9.69. The molecule has 15 nitrogen and oxygen atoms in total. The molecule has 0 saturated carbocycles. The van der Waals surface area contributed by atoms with Crippen molar-refractivity contribution in [3.63, 3.8) is 0 Å². The van der Waals surface area contributed by atoms with Crippen LogP contribution in [0.1, 0.15) is 24.6 Å². The zero-order valence-corrected chi connectivity index (χ0v) is 28.7. The number of fused-ring (bicyclic) bond motifs is 2. The van der Waals surface area contributed by atoms with Crippen LogP contribution in [0.4, 0.5) is 11.4 Å². The van der Waals surface area contributed by atoms with Gasteiger partial charge in [-0.3, -0.25) is 14.3 Å². The Hall–Kier alpha value is -3.74. The fraction of sp³-hybridized carbons (Fsp3) is 0.515. The average molecular weight is 698 g/mol. The molecule has 2 saturated heterocycles. The molecule has 0 unspecified atom stereocenters. The van der Waals surface area contributed by atoms with Gasteiger partial charge in [0, 0.05) is 48.6 Å².